The molecule has 10 heteroatoms. The number of rotatable bonds is 8. The van der Waals surface area contributed by atoms with Crippen molar-refractivity contribution in [3.63, 3.8) is 0 Å². The highest BCUT2D eigenvalue weighted by molar-refractivity contribution is 7.99. The highest BCUT2D eigenvalue weighted by atomic mass is 32.2. The third kappa shape index (κ3) is 4.80. The maximum atomic E-state index is 13.2. The van der Waals surface area contributed by atoms with Crippen molar-refractivity contribution in [3.05, 3.63) is 81.0 Å². The molecule has 4 aromatic rings. The molecule has 0 bridgehead atoms. The molecular weight excluding hydrogens is 466 g/mol. The van der Waals surface area contributed by atoms with E-state index in [4.69, 9.17) is 4.74 Å². The minimum Gasteiger partial charge on any atom is -0.383 e. The summed E-state index contributed by atoms with van der Waals surface area (Å²) in [5.41, 5.74) is 1.61. The Balaban J connectivity index is 1.60. The summed E-state index contributed by atoms with van der Waals surface area (Å²) < 4.78 is 10.0. The number of anilines is 1. The molecule has 0 aliphatic rings. The Bertz CT molecular complexity index is 1490. The van der Waals surface area contributed by atoms with Crippen molar-refractivity contribution >= 4 is 34.3 Å². The average molecular weight is 494 g/mol. The number of thioether (sulfide) groups is 1. The molecule has 9 nitrogen and oxygen atoms in total. The Hall–Kier alpha value is -3.63. The molecule has 4 rings (SSSR count). The lowest BCUT2D eigenvalue weighted by molar-refractivity contribution is -0.113. The number of hydrogen-bond donors (Lipinski definition) is 1. The molecule has 182 valence electrons. The maximum Gasteiger partial charge on any atom is 0.295 e. The molecule has 1 amide bonds. The minimum absolute atomic E-state index is 0.0242. The van der Waals surface area contributed by atoms with Gasteiger partial charge in [-0.2, -0.15) is 0 Å². The van der Waals surface area contributed by atoms with Gasteiger partial charge in [-0.3, -0.25) is 23.6 Å². The van der Waals surface area contributed by atoms with Gasteiger partial charge < -0.3 is 10.1 Å². The first kappa shape index (κ1) is 24.5. The van der Waals surface area contributed by atoms with E-state index in [1.807, 2.05) is 43.3 Å². The quantitative estimate of drug-likeness (QED) is 0.299. The smallest absolute Gasteiger partial charge is 0.295 e. The minimum atomic E-state index is -0.366. The van der Waals surface area contributed by atoms with E-state index in [9.17, 15) is 14.4 Å². The highest BCUT2D eigenvalue weighted by Gasteiger charge is 2.20. The second-order valence-corrected chi connectivity index (χ2v) is 9.11. The van der Waals surface area contributed by atoms with E-state index in [1.165, 1.54) is 4.68 Å². The Morgan fingerprint density at radius 1 is 1.09 bits per heavy atom. The zero-order valence-corrected chi connectivity index (χ0v) is 20.8. The van der Waals surface area contributed by atoms with Gasteiger partial charge in [0.1, 0.15) is 5.69 Å². The third-order valence-corrected chi connectivity index (χ3v) is 6.73. The molecule has 2 heterocycles. The molecule has 0 saturated heterocycles. The molecule has 0 saturated carbocycles. The van der Waals surface area contributed by atoms with Crippen LogP contribution in [0.5, 0.6) is 0 Å². The Kier molecular flexibility index (Phi) is 7.23. The molecule has 0 unspecified atom stereocenters. The largest absolute Gasteiger partial charge is 0.383 e. The summed E-state index contributed by atoms with van der Waals surface area (Å²) in [6.07, 6.45) is 0. The van der Waals surface area contributed by atoms with Gasteiger partial charge in [0.15, 0.2) is 5.16 Å². The molecule has 2 aromatic carbocycles. The Labute approximate surface area is 206 Å². The number of nitrogens with one attached hydrogen (secondary N) is 1. The summed E-state index contributed by atoms with van der Waals surface area (Å²) >= 11 is 1.15. The number of aromatic nitrogens is 4. The molecule has 0 fully saturated rings. The first-order valence-electron chi connectivity index (χ1n) is 11.1. The normalized spacial score (nSPS) is 12.1. The van der Waals surface area contributed by atoms with Gasteiger partial charge in [0.25, 0.3) is 11.1 Å². The number of amides is 1. The SMILES string of the molecule is COC[C@@H](C)n1c(SCC(=O)Nc2c(C)n(C)n(-c3ccccc3)c2=O)nc2ccccc2c1=O. The van der Waals surface area contributed by atoms with Crippen molar-refractivity contribution < 1.29 is 9.53 Å². The number of methoxy groups -OCH3 is 1. The molecule has 0 spiro atoms. The lowest BCUT2D eigenvalue weighted by Crippen LogP contribution is -2.29. The number of benzene rings is 2. The van der Waals surface area contributed by atoms with Crippen LogP contribution in [0.25, 0.3) is 16.6 Å². The fourth-order valence-electron chi connectivity index (χ4n) is 3.95. The van der Waals surface area contributed by atoms with Gasteiger partial charge in [0.2, 0.25) is 5.91 Å². The van der Waals surface area contributed by atoms with Crippen LogP contribution in [-0.2, 0) is 16.6 Å². The zero-order chi connectivity index (χ0) is 25.1. The third-order valence-electron chi connectivity index (χ3n) is 5.78. The van der Waals surface area contributed by atoms with E-state index in [0.717, 1.165) is 11.8 Å². The molecule has 0 radical (unpaired) electrons. The first-order valence-corrected chi connectivity index (χ1v) is 12.1. The van der Waals surface area contributed by atoms with Crippen molar-refractivity contribution in [2.75, 3.05) is 24.8 Å². The van der Waals surface area contributed by atoms with Crippen LogP contribution in [0, 0.1) is 6.92 Å². The second-order valence-electron chi connectivity index (χ2n) is 8.16. The van der Waals surface area contributed by atoms with Gasteiger partial charge in [0, 0.05) is 14.2 Å². The highest BCUT2D eigenvalue weighted by Crippen LogP contribution is 2.22. The van der Waals surface area contributed by atoms with Gasteiger partial charge in [-0.1, -0.05) is 42.1 Å². The number of carbonyl (C=O) groups is 1. The molecule has 35 heavy (non-hydrogen) atoms. The van der Waals surface area contributed by atoms with Crippen LogP contribution in [0.4, 0.5) is 5.69 Å². The summed E-state index contributed by atoms with van der Waals surface area (Å²) in [5, 5.41) is 3.67. The number of nitrogens with zero attached hydrogens (tertiary/aromatic N) is 4. The van der Waals surface area contributed by atoms with Gasteiger partial charge in [-0.05, 0) is 38.1 Å². The van der Waals surface area contributed by atoms with Crippen LogP contribution in [0.2, 0.25) is 0 Å². The van der Waals surface area contributed by atoms with E-state index >= 15 is 0 Å². The predicted octanol–water partition coefficient (Wildman–Crippen LogP) is 3.13. The van der Waals surface area contributed by atoms with Crippen molar-refractivity contribution in [1.29, 1.82) is 0 Å². The zero-order valence-electron chi connectivity index (χ0n) is 20.0. The lowest BCUT2D eigenvalue weighted by atomic mass is 10.2. The van der Waals surface area contributed by atoms with Crippen molar-refractivity contribution in [2.24, 2.45) is 7.05 Å². The summed E-state index contributed by atoms with van der Waals surface area (Å²) in [5.74, 6) is -0.391. The molecule has 2 aromatic heterocycles. The average Bonchev–Trinajstić information content (AvgIpc) is 3.06. The number of para-hydroxylation sites is 2. The van der Waals surface area contributed by atoms with Crippen LogP contribution >= 0.6 is 11.8 Å². The summed E-state index contributed by atoms with van der Waals surface area (Å²) in [4.78, 5) is 43.8. The molecule has 0 aliphatic carbocycles. The van der Waals surface area contributed by atoms with E-state index in [2.05, 4.69) is 10.3 Å². The number of fused-ring (bicyclic) bond motifs is 1. The number of carbonyl (C=O) groups excluding carboxylic acids is 1. The molecule has 0 aliphatic heterocycles. The molecule has 1 N–H and O–H groups in total. The fraction of sp³-hybridized carbons (Fsp3) is 0.280. The molecular formula is C25H27N5O4S. The van der Waals surface area contributed by atoms with Crippen LogP contribution in [0.1, 0.15) is 18.7 Å². The van der Waals surface area contributed by atoms with Gasteiger partial charge >= 0.3 is 0 Å². The summed E-state index contributed by atoms with van der Waals surface area (Å²) in [7, 11) is 3.34. The maximum absolute atomic E-state index is 13.2. The van der Waals surface area contributed by atoms with E-state index in [1.54, 1.807) is 48.5 Å². The standard InChI is InChI=1S/C25H27N5O4S/c1-16(14-34-4)29-23(32)19-12-8-9-13-20(19)26-25(29)35-15-21(31)27-22-17(2)28(3)30(24(22)33)18-10-6-5-7-11-18/h5-13,16H,14-15H2,1-4H3,(H,27,31)/t16-/m1/s1. The number of hydrogen-bond acceptors (Lipinski definition) is 6. The van der Waals surface area contributed by atoms with Crippen LogP contribution in [-0.4, -0.2) is 44.3 Å². The first-order chi connectivity index (χ1) is 16.8. The van der Waals surface area contributed by atoms with Crippen molar-refractivity contribution in [2.45, 2.75) is 25.0 Å². The summed E-state index contributed by atoms with van der Waals surface area (Å²) in [6, 6.07) is 16.1. The van der Waals surface area contributed by atoms with E-state index in [0.29, 0.717) is 34.0 Å². The Morgan fingerprint density at radius 2 is 1.77 bits per heavy atom. The van der Waals surface area contributed by atoms with Gasteiger partial charge in [0.05, 0.1) is 40.7 Å². The van der Waals surface area contributed by atoms with Crippen LogP contribution < -0.4 is 16.4 Å². The van der Waals surface area contributed by atoms with Crippen molar-refractivity contribution in [1.82, 2.24) is 18.9 Å². The van der Waals surface area contributed by atoms with E-state index < -0.39 is 0 Å². The Morgan fingerprint density at radius 3 is 2.49 bits per heavy atom. The molecule has 1 atom stereocenters. The fourth-order valence-corrected chi connectivity index (χ4v) is 4.85. The topological polar surface area (TPSA) is 100 Å². The second kappa shape index (κ2) is 10.3. The monoisotopic (exact) mass is 493 g/mol. The van der Waals surface area contributed by atoms with Gasteiger partial charge in [-0.15, -0.1) is 0 Å². The number of ether oxygens (including phenoxy) is 1. The van der Waals surface area contributed by atoms with Gasteiger partial charge in [-0.25, -0.2) is 9.67 Å². The van der Waals surface area contributed by atoms with Crippen molar-refractivity contribution in [3.8, 4) is 5.69 Å². The van der Waals surface area contributed by atoms with Crippen LogP contribution in [0.3, 0.4) is 0 Å². The lowest BCUT2D eigenvalue weighted by Gasteiger charge is -2.18. The van der Waals surface area contributed by atoms with E-state index in [-0.39, 0.29) is 34.5 Å². The van der Waals surface area contributed by atoms with Crippen LogP contribution in [0.15, 0.2) is 69.3 Å². The predicted molar refractivity (Wildman–Crippen MR) is 138 cm³/mol. The summed E-state index contributed by atoms with van der Waals surface area (Å²) in [6.45, 7) is 3.96.